The Bertz CT molecular complexity index is 1020. The van der Waals surface area contributed by atoms with E-state index in [2.05, 4.69) is 20.5 Å². The molecule has 0 spiro atoms. The number of amides is 2. The van der Waals surface area contributed by atoms with Crippen LogP contribution in [0.4, 0.5) is 25.0 Å². The second-order valence-electron chi connectivity index (χ2n) is 5.66. The van der Waals surface area contributed by atoms with E-state index in [1.807, 2.05) is 0 Å². The summed E-state index contributed by atoms with van der Waals surface area (Å²) in [5.41, 5.74) is 1.46. The first kappa shape index (κ1) is 19.3. The van der Waals surface area contributed by atoms with Crippen molar-refractivity contribution in [2.75, 3.05) is 5.32 Å². The van der Waals surface area contributed by atoms with Gasteiger partial charge in [-0.2, -0.15) is 0 Å². The van der Waals surface area contributed by atoms with Crippen LogP contribution in [-0.4, -0.2) is 11.0 Å². The molecule has 0 aliphatic heterocycles. The number of carbonyl (C=O) groups is 1. The van der Waals surface area contributed by atoms with Crippen molar-refractivity contribution in [3.05, 3.63) is 89.5 Å². The van der Waals surface area contributed by atoms with E-state index in [0.717, 1.165) is 23.4 Å². The topological polar surface area (TPSA) is 58.4 Å². The third-order valence-corrected chi connectivity index (χ3v) is 4.57. The van der Waals surface area contributed by atoms with Crippen LogP contribution in [0.5, 0.6) is 0 Å². The minimum Gasteiger partial charge on any atom is -0.334 e. The van der Waals surface area contributed by atoms with E-state index in [1.54, 1.807) is 42.7 Å². The molecule has 0 aliphatic carbocycles. The van der Waals surface area contributed by atoms with E-state index in [4.69, 9.17) is 6.57 Å². The summed E-state index contributed by atoms with van der Waals surface area (Å²) in [4.78, 5) is 20.4. The summed E-state index contributed by atoms with van der Waals surface area (Å²) in [7, 11) is 0. The second-order valence-corrected chi connectivity index (χ2v) is 6.81. The molecule has 8 heteroatoms. The lowest BCUT2D eigenvalue weighted by Crippen LogP contribution is -2.28. The maximum atomic E-state index is 13.3. The number of nitrogens with one attached hydrogen (secondary N) is 2. The third kappa shape index (κ3) is 5.28. The van der Waals surface area contributed by atoms with Gasteiger partial charge in [0.15, 0.2) is 0 Å². The predicted octanol–water partition coefficient (Wildman–Crippen LogP) is 5.38. The summed E-state index contributed by atoms with van der Waals surface area (Å²) in [5.74, 6) is -1.34. The average Bonchev–Trinajstić information content (AvgIpc) is 2.67. The Hall–Kier alpha value is -3.44. The van der Waals surface area contributed by atoms with Gasteiger partial charge in [-0.3, -0.25) is 4.98 Å². The van der Waals surface area contributed by atoms with Gasteiger partial charge in [-0.1, -0.05) is 11.8 Å². The summed E-state index contributed by atoms with van der Waals surface area (Å²) < 4.78 is 26.6. The van der Waals surface area contributed by atoms with E-state index in [9.17, 15) is 13.6 Å². The van der Waals surface area contributed by atoms with Crippen molar-refractivity contribution in [1.82, 2.24) is 10.3 Å². The number of pyridine rings is 1. The van der Waals surface area contributed by atoms with E-state index in [1.165, 1.54) is 12.1 Å². The number of hydrogen-bond donors (Lipinski definition) is 2. The van der Waals surface area contributed by atoms with E-state index >= 15 is 0 Å². The smallest absolute Gasteiger partial charge is 0.318 e. The highest BCUT2D eigenvalue weighted by atomic mass is 32.2. The fraction of sp³-hybridized carbons (Fsp3) is 0.0500. The first-order valence-corrected chi connectivity index (χ1v) is 8.94. The average molecular weight is 396 g/mol. The standard InChI is InChI=1S/C20H14F2N4OS/c1-23-19-11-16(28-17-9-14(21)8-15(22)10-17)2-3-18(19)26-20(27)25-12-13-4-6-24-7-5-13/h2-11H,12H2,(H2,25,26,27). The van der Waals surface area contributed by atoms with Gasteiger partial charge in [-0.05, 0) is 48.0 Å². The van der Waals surface area contributed by atoms with Crippen LogP contribution in [0.1, 0.15) is 5.56 Å². The van der Waals surface area contributed by atoms with Crippen molar-refractivity contribution < 1.29 is 13.6 Å². The molecular weight excluding hydrogens is 382 g/mol. The molecular formula is C20H14F2N4OS. The summed E-state index contributed by atoms with van der Waals surface area (Å²) in [6, 6.07) is 11.1. The Morgan fingerprint density at radius 3 is 2.43 bits per heavy atom. The maximum Gasteiger partial charge on any atom is 0.318 e. The first-order chi connectivity index (χ1) is 13.5. The van der Waals surface area contributed by atoms with Gasteiger partial charge in [0.1, 0.15) is 11.6 Å². The Labute approximate surface area is 164 Å². The number of rotatable bonds is 5. The van der Waals surface area contributed by atoms with Crippen LogP contribution in [0.3, 0.4) is 0 Å². The molecule has 0 fully saturated rings. The number of carbonyl (C=O) groups excluding carboxylic acids is 1. The number of urea groups is 1. The number of benzene rings is 2. The summed E-state index contributed by atoms with van der Waals surface area (Å²) >= 11 is 1.12. The summed E-state index contributed by atoms with van der Waals surface area (Å²) in [5, 5.41) is 5.33. The molecule has 3 rings (SSSR count). The molecule has 0 bridgehead atoms. The second kappa shape index (κ2) is 8.97. The molecule has 140 valence electrons. The van der Waals surface area contributed by atoms with Crippen LogP contribution < -0.4 is 10.6 Å². The first-order valence-electron chi connectivity index (χ1n) is 8.13. The quantitative estimate of drug-likeness (QED) is 0.569. The molecule has 2 N–H and O–H groups in total. The van der Waals surface area contributed by atoms with E-state index in [0.29, 0.717) is 22.0 Å². The summed E-state index contributed by atoms with van der Waals surface area (Å²) in [6.45, 7) is 7.65. The van der Waals surface area contributed by atoms with E-state index < -0.39 is 17.7 Å². The molecule has 5 nitrogen and oxygen atoms in total. The molecule has 0 saturated heterocycles. The normalized spacial score (nSPS) is 10.2. The van der Waals surface area contributed by atoms with Crippen molar-refractivity contribution in [3.8, 4) is 0 Å². The Balaban J connectivity index is 1.67. The highest BCUT2D eigenvalue weighted by Gasteiger charge is 2.10. The molecule has 0 unspecified atom stereocenters. The SMILES string of the molecule is [C-]#[N+]c1cc(Sc2cc(F)cc(F)c2)ccc1NC(=O)NCc1ccncc1. The van der Waals surface area contributed by atoms with Crippen molar-refractivity contribution in [2.24, 2.45) is 0 Å². The molecule has 2 amide bonds. The molecule has 28 heavy (non-hydrogen) atoms. The van der Waals surface area contributed by atoms with Gasteiger partial charge < -0.3 is 10.6 Å². The summed E-state index contributed by atoms with van der Waals surface area (Å²) in [6.07, 6.45) is 3.26. The van der Waals surface area contributed by atoms with Crippen molar-refractivity contribution in [2.45, 2.75) is 16.3 Å². The van der Waals surface area contributed by atoms with Gasteiger partial charge in [0, 0.05) is 40.5 Å². The van der Waals surface area contributed by atoms with Crippen LogP contribution in [-0.2, 0) is 6.54 Å². The number of halogens is 2. The fourth-order valence-electron chi connectivity index (χ4n) is 2.35. The zero-order valence-corrected chi connectivity index (χ0v) is 15.3. The third-order valence-electron chi connectivity index (χ3n) is 3.61. The highest BCUT2D eigenvalue weighted by Crippen LogP contribution is 2.35. The van der Waals surface area contributed by atoms with Crippen LogP contribution in [0, 0.1) is 18.2 Å². The molecule has 0 atom stereocenters. The van der Waals surface area contributed by atoms with Crippen LogP contribution in [0.2, 0.25) is 0 Å². The largest absolute Gasteiger partial charge is 0.334 e. The number of anilines is 1. The number of aromatic nitrogens is 1. The van der Waals surface area contributed by atoms with Crippen LogP contribution in [0.25, 0.3) is 4.85 Å². The van der Waals surface area contributed by atoms with Gasteiger partial charge in [0.05, 0.1) is 6.57 Å². The van der Waals surface area contributed by atoms with Gasteiger partial charge in [-0.25, -0.2) is 18.4 Å². The molecule has 0 radical (unpaired) electrons. The molecule has 1 heterocycles. The van der Waals surface area contributed by atoms with Crippen molar-refractivity contribution in [1.29, 1.82) is 0 Å². The van der Waals surface area contributed by atoms with Crippen LogP contribution >= 0.6 is 11.8 Å². The van der Waals surface area contributed by atoms with Crippen molar-refractivity contribution >= 4 is 29.2 Å². The maximum absolute atomic E-state index is 13.3. The van der Waals surface area contributed by atoms with Gasteiger partial charge in [0.25, 0.3) is 0 Å². The van der Waals surface area contributed by atoms with Crippen LogP contribution in [0.15, 0.2) is 70.7 Å². The predicted molar refractivity (Wildman–Crippen MR) is 103 cm³/mol. The molecule has 3 aromatic rings. The highest BCUT2D eigenvalue weighted by molar-refractivity contribution is 7.99. The van der Waals surface area contributed by atoms with Gasteiger partial charge in [-0.15, -0.1) is 0 Å². The molecule has 0 saturated carbocycles. The van der Waals surface area contributed by atoms with Gasteiger partial charge >= 0.3 is 6.03 Å². The molecule has 2 aromatic carbocycles. The zero-order chi connectivity index (χ0) is 19.9. The Morgan fingerprint density at radius 1 is 1.04 bits per heavy atom. The lowest BCUT2D eigenvalue weighted by Gasteiger charge is -2.10. The minimum absolute atomic E-state index is 0.223. The van der Waals surface area contributed by atoms with Gasteiger partial charge in [0.2, 0.25) is 5.69 Å². The lowest BCUT2D eigenvalue weighted by molar-refractivity contribution is 0.251. The molecule has 1 aromatic heterocycles. The number of nitrogens with zero attached hydrogens (tertiary/aromatic N) is 2. The Kier molecular flexibility index (Phi) is 6.19. The number of hydrogen-bond acceptors (Lipinski definition) is 3. The Morgan fingerprint density at radius 2 is 1.75 bits per heavy atom. The zero-order valence-electron chi connectivity index (χ0n) is 14.4. The monoisotopic (exact) mass is 396 g/mol. The van der Waals surface area contributed by atoms with Crippen molar-refractivity contribution in [3.63, 3.8) is 0 Å². The lowest BCUT2D eigenvalue weighted by atomic mass is 10.2. The van der Waals surface area contributed by atoms with E-state index in [-0.39, 0.29) is 5.69 Å². The molecule has 0 aliphatic rings. The minimum atomic E-state index is -0.669. The fourth-order valence-corrected chi connectivity index (χ4v) is 3.27.